The van der Waals surface area contributed by atoms with Crippen LogP contribution in [0.1, 0.15) is 25.3 Å². The van der Waals surface area contributed by atoms with Gasteiger partial charge in [-0.05, 0) is 46.6 Å². The summed E-state index contributed by atoms with van der Waals surface area (Å²) in [6, 6.07) is 15.2. The van der Waals surface area contributed by atoms with Gasteiger partial charge in [0.2, 0.25) is 5.91 Å². The third kappa shape index (κ3) is 5.57. The Hall–Kier alpha value is -2.07. The molecule has 0 atom stereocenters. The van der Waals surface area contributed by atoms with Crippen molar-refractivity contribution in [3.05, 3.63) is 64.6 Å². The van der Waals surface area contributed by atoms with Crippen molar-refractivity contribution in [2.24, 2.45) is 0 Å². The molecule has 1 N–H and O–H groups in total. The maximum Gasteiger partial charge on any atom is 0.248 e. The fraction of sp³-hybridized carbons (Fsp3) is 0.211. The zero-order chi connectivity index (χ0) is 16.5. The Bertz CT molecular complexity index is 683. The van der Waals surface area contributed by atoms with Crippen molar-refractivity contribution < 1.29 is 9.53 Å². The van der Waals surface area contributed by atoms with Gasteiger partial charge in [0.15, 0.2) is 0 Å². The largest absolute Gasteiger partial charge is 0.493 e. The lowest BCUT2D eigenvalue weighted by atomic mass is 10.2. The van der Waals surface area contributed by atoms with Crippen LogP contribution in [-0.4, -0.2) is 12.5 Å². The molecule has 1 amide bonds. The molecule has 23 heavy (non-hydrogen) atoms. The fourth-order valence-electron chi connectivity index (χ4n) is 1.98. The molecule has 0 fully saturated rings. The third-order valence-corrected chi connectivity index (χ3v) is 3.91. The lowest BCUT2D eigenvalue weighted by Crippen LogP contribution is -2.08. The summed E-state index contributed by atoms with van der Waals surface area (Å²) in [6.07, 6.45) is 5.39. The van der Waals surface area contributed by atoms with Crippen molar-refractivity contribution in [2.75, 3.05) is 11.9 Å². The van der Waals surface area contributed by atoms with E-state index in [1.807, 2.05) is 48.5 Å². The summed E-state index contributed by atoms with van der Waals surface area (Å²) >= 11 is 3.41. The summed E-state index contributed by atoms with van der Waals surface area (Å²) in [5.41, 5.74) is 1.64. The molecular formula is C19H20BrNO2. The van der Waals surface area contributed by atoms with Crippen molar-refractivity contribution in [3.8, 4) is 5.75 Å². The van der Waals surface area contributed by atoms with E-state index in [9.17, 15) is 4.79 Å². The number of hydrogen-bond acceptors (Lipinski definition) is 2. The summed E-state index contributed by atoms with van der Waals surface area (Å²) in [5, 5.41) is 2.84. The molecule has 3 nitrogen and oxygen atoms in total. The molecule has 0 aliphatic carbocycles. The maximum atomic E-state index is 12.1. The Labute approximate surface area is 145 Å². The average Bonchev–Trinajstić information content (AvgIpc) is 2.56. The number of carbonyl (C=O) groups is 1. The Morgan fingerprint density at radius 2 is 1.91 bits per heavy atom. The molecule has 2 aromatic carbocycles. The quantitative estimate of drug-likeness (QED) is 0.529. The zero-order valence-electron chi connectivity index (χ0n) is 13.1. The summed E-state index contributed by atoms with van der Waals surface area (Å²) < 4.78 is 6.61. The molecule has 0 heterocycles. The normalized spacial score (nSPS) is 10.7. The second-order valence-corrected chi connectivity index (χ2v) is 5.90. The van der Waals surface area contributed by atoms with Crippen LogP contribution in [0.2, 0.25) is 0 Å². The molecule has 0 radical (unpaired) electrons. The van der Waals surface area contributed by atoms with Gasteiger partial charge < -0.3 is 10.1 Å². The Morgan fingerprint density at radius 1 is 1.17 bits per heavy atom. The van der Waals surface area contributed by atoms with Crippen LogP contribution < -0.4 is 10.1 Å². The maximum absolute atomic E-state index is 12.1. The fourth-order valence-corrected chi connectivity index (χ4v) is 2.36. The second-order valence-electron chi connectivity index (χ2n) is 5.04. The van der Waals surface area contributed by atoms with Gasteiger partial charge in [0, 0.05) is 16.1 Å². The summed E-state index contributed by atoms with van der Waals surface area (Å²) in [5.74, 6) is 0.617. The van der Waals surface area contributed by atoms with Gasteiger partial charge in [-0.15, -0.1) is 0 Å². The van der Waals surface area contributed by atoms with Crippen LogP contribution in [0.25, 0.3) is 6.08 Å². The first-order valence-corrected chi connectivity index (χ1v) is 8.45. The number of para-hydroxylation sites is 2. The third-order valence-electron chi connectivity index (χ3n) is 3.22. The number of hydrogen-bond donors (Lipinski definition) is 1. The molecule has 0 saturated carbocycles. The highest BCUT2D eigenvalue weighted by Gasteiger charge is 2.03. The van der Waals surface area contributed by atoms with Crippen LogP contribution >= 0.6 is 15.9 Å². The van der Waals surface area contributed by atoms with Crippen LogP contribution in [-0.2, 0) is 4.79 Å². The van der Waals surface area contributed by atoms with Gasteiger partial charge in [-0.25, -0.2) is 0 Å². The van der Waals surface area contributed by atoms with Crippen LogP contribution in [0, 0.1) is 0 Å². The highest BCUT2D eigenvalue weighted by molar-refractivity contribution is 9.10. The van der Waals surface area contributed by atoms with Gasteiger partial charge >= 0.3 is 0 Å². The molecule has 0 unspecified atom stereocenters. The molecule has 4 heteroatoms. The lowest BCUT2D eigenvalue weighted by Gasteiger charge is -2.08. The number of benzene rings is 2. The standard InChI is InChI=1S/C19H20BrNO2/c1-2-3-14-23-18-11-7-4-8-15(18)12-13-19(22)21-17-10-6-5-9-16(17)20/h4-13H,2-3,14H2,1H3,(H,21,22)/b13-12+. The number of amides is 1. The summed E-state index contributed by atoms with van der Waals surface area (Å²) in [6.45, 7) is 2.81. The Balaban J connectivity index is 2.02. The van der Waals surface area contributed by atoms with E-state index in [1.165, 1.54) is 6.08 Å². The van der Waals surface area contributed by atoms with Gasteiger partial charge in [0.25, 0.3) is 0 Å². The lowest BCUT2D eigenvalue weighted by molar-refractivity contribution is -0.111. The topological polar surface area (TPSA) is 38.3 Å². The average molecular weight is 374 g/mol. The first kappa shape index (κ1) is 17.3. The van der Waals surface area contributed by atoms with E-state index in [2.05, 4.69) is 28.2 Å². The SMILES string of the molecule is CCCCOc1ccccc1/C=C/C(=O)Nc1ccccc1Br. The van der Waals surface area contributed by atoms with Gasteiger partial charge in [-0.1, -0.05) is 43.7 Å². The molecule has 0 saturated heterocycles. The van der Waals surface area contributed by atoms with Crippen molar-refractivity contribution in [1.82, 2.24) is 0 Å². The second kappa shape index (κ2) is 9.16. The number of nitrogens with one attached hydrogen (secondary N) is 1. The summed E-state index contributed by atoms with van der Waals surface area (Å²) in [4.78, 5) is 12.1. The Kier molecular flexibility index (Phi) is 6.88. The van der Waals surface area contributed by atoms with E-state index in [0.717, 1.165) is 34.3 Å². The molecule has 0 spiro atoms. The van der Waals surface area contributed by atoms with E-state index in [0.29, 0.717) is 6.61 Å². The van der Waals surface area contributed by atoms with Crippen LogP contribution in [0.15, 0.2) is 59.1 Å². The molecule has 0 aliphatic heterocycles. The molecule has 0 bridgehead atoms. The van der Waals surface area contributed by atoms with Crippen molar-refractivity contribution >= 4 is 33.6 Å². The zero-order valence-corrected chi connectivity index (χ0v) is 14.7. The highest BCUT2D eigenvalue weighted by atomic mass is 79.9. The van der Waals surface area contributed by atoms with E-state index >= 15 is 0 Å². The monoisotopic (exact) mass is 373 g/mol. The smallest absolute Gasteiger partial charge is 0.248 e. The predicted octanol–water partition coefficient (Wildman–Crippen LogP) is 5.28. The highest BCUT2D eigenvalue weighted by Crippen LogP contribution is 2.22. The predicted molar refractivity (Wildman–Crippen MR) is 98.7 cm³/mol. The molecular weight excluding hydrogens is 354 g/mol. The number of halogens is 1. The van der Waals surface area contributed by atoms with Crippen molar-refractivity contribution in [1.29, 1.82) is 0 Å². The number of unbranched alkanes of at least 4 members (excludes halogenated alkanes) is 1. The summed E-state index contributed by atoms with van der Waals surface area (Å²) in [7, 11) is 0. The molecule has 120 valence electrons. The van der Waals surface area contributed by atoms with E-state index in [4.69, 9.17) is 4.74 Å². The van der Waals surface area contributed by atoms with Crippen molar-refractivity contribution in [3.63, 3.8) is 0 Å². The number of ether oxygens (including phenoxy) is 1. The number of rotatable bonds is 7. The molecule has 0 aromatic heterocycles. The van der Waals surface area contributed by atoms with Gasteiger partial charge in [0.1, 0.15) is 5.75 Å². The Morgan fingerprint density at radius 3 is 2.70 bits per heavy atom. The van der Waals surface area contributed by atoms with Gasteiger partial charge in [0.05, 0.1) is 12.3 Å². The van der Waals surface area contributed by atoms with E-state index < -0.39 is 0 Å². The van der Waals surface area contributed by atoms with Crippen molar-refractivity contribution in [2.45, 2.75) is 19.8 Å². The molecule has 2 aromatic rings. The van der Waals surface area contributed by atoms with E-state index in [1.54, 1.807) is 6.08 Å². The van der Waals surface area contributed by atoms with Crippen LogP contribution in [0.4, 0.5) is 5.69 Å². The van der Waals surface area contributed by atoms with Gasteiger partial charge in [-0.2, -0.15) is 0 Å². The number of anilines is 1. The minimum Gasteiger partial charge on any atom is -0.493 e. The first-order chi connectivity index (χ1) is 11.2. The van der Waals surface area contributed by atoms with Crippen LogP contribution in [0.5, 0.6) is 5.75 Å². The van der Waals surface area contributed by atoms with Crippen LogP contribution in [0.3, 0.4) is 0 Å². The van der Waals surface area contributed by atoms with Gasteiger partial charge in [-0.3, -0.25) is 4.79 Å². The molecule has 2 rings (SSSR count). The first-order valence-electron chi connectivity index (χ1n) is 7.66. The van der Waals surface area contributed by atoms with E-state index in [-0.39, 0.29) is 5.91 Å². The minimum atomic E-state index is -0.180. The molecule has 0 aliphatic rings. The minimum absolute atomic E-state index is 0.180. The number of carbonyl (C=O) groups excluding carboxylic acids is 1.